The molecule has 0 aromatic heterocycles. The van der Waals surface area contributed by atoms with Crippen molar-refractivity contribution < 1.29 is 23.8 Å². The van der Waals surface area contributed by atoms with E-state index in [9.17, 15) is 9.59 Å². The van der Waals surface area contributed by atoms with Crippen LogP contribution in [0.3, 0.4) is 0 Å². The van der Waals surface area contributed by atoms with Crippen LogP contribution in [-0.4, -0.2) is 24.9 Å². The first-order chi connectivity index (χ1) is 6.06. The molecule has 0 aliphatic carbocycles. The van der Waals surface area contributed by atoms with Crippen molar-refractivity contribution in [2.24, 2.45) is 5.73 Å². The van der Waals surface area contributed by atoms with E-state index in [4.69, 9.17) is 5.41 Å². The Bertz CT molecular complexity index is 237. The highest BCUT2D eigenvalue weighted by atomic mass is 16.8. The summed E-state index contributed by atoms with van der Waals surface area (Å²) in [6.07, 6.45) is -1.37. The second-order valence-corrected chi connectivity index (χ2v) is 1.67. The third-order valence-corrected chi connectivity index (χ3v) is 0.679. The number of hydrogen-bond donors (Lipinski definition) is 2. The molecule has 0 radical (unpaired) electrons. The number of rotatable bonds is 2. The number of ether oxygens (including phenoxy) is 3. The van der Waals surface area contributed by atoms with E-state index in [-0.39, 0.29) is 6.61 Å². The van der Waals surface area contributed by atoms with Crippen molar-refractivity contribution in [1.82, 2.24) is 0 Å². The Kier molecular flexibility index (Phi) is 4.70. The van der Waals surface area contributed by atoms with Crippen LogP contribution in [0.25, 0.3) is 0 Å². The number of nitrogens with two attached hydrogens (primary N) is 1. The van der Waals surface area contributed by atoms with Gasteiger partial charge in [-0.3, -0.25) is 5.41 Å². The highest BCUT2D eigenvalue weighted by molar-refractivity contribution is 5.85. The lowest BCUT2D eigenvalue weighted by molar-refractivity contribution is 0.0622. The van der Waals surface area contributed by atoms with Gasteiger partial charge in [0.05, 0.1) is 0 Å². The lowest BCUT2D eigenvalue weighted by Gasteiger charge is -2.01. The van der Waals surface area contributed by atoms with Gasteiger partial charge in [-0.25, -0.2) is 9.59 Å². The predicted octanol–water partition coefficient (Wildman–Crippen LogP) is 0.356. The summed E-state index contributed by atoms with van der Waals surface area (Å²) in [5.41, 5.74) is 4.66. The van der Waals surface area contributed by atoms with Crippen LogP contribution in [0.5, 0.6) is 0 Å². The molecule has 0 aromatic rings. The third-order valence-electron chi connectivity index (χ3n) is 0.679. The third kappa shape index (κ3) is 6.35. The van der Waals surface area contributed by atoms with Crippen LogP contribution in [-0.2, 0) is 14.2 Å². The number of carbonyl (C=O) groups is 2. The molecule has 3 N–H and O–H groups in total. The Hall–Kier alpha value is -2.05. The number of carbonyl (C=O) groups excluding carboxylic acids is 2. The molecule has 7 nitrogen and oxygen atoms in total. The van der Waals surface area contributed by atoms with Gasteiger partial charge < -0.3 is 19.9 Å². The zero-order valence-electron chi connectivity index (χ0n) is 6.61. The van der Waals surface area contributed by atoms with Crippen LogP contribution >= 0.6 is 0 Å². The fourth-order valence-corrected chi connectivity index (χ4v) is 0.335. The zero-order valence-corrected chi connectivity index (χ0v) is 6.61. The van der Waals surface area contributed by atoms with E-state index in [1.165, 1.54) is 6.08 Å². The van der Waals surface area contributed by atoms with Crippen LogP contribution in [0.15, 0.2) is 12.7 Å². The van der Waals surface area contributed by atoms with Crippen molar-refractivity contribution >= 4 is 18.3 Å². The van der Waals surface area contributed by atoms with Crippen molar-refractivity contribution in [2.75, 3.05) is 6.61 Å². The molecular formula is C6H8N2O5. The highest BCUT2D eigenvalue weighted by Crippen LogP contribution is 1.89. The van der Waals surface area contributed by atoms with Crippen LogP contribution in [0.4, 0.5) is 9.59 Å². The number of nitrogens with one attached hydrogen (secondary N) is 1. The van der Waals surface area contributed by atoms with Crippen molar-refractivity contribution in [3.63, 3.8) is 0 Å². The molecule has 0 heterocycles. The van der Waals surface area contributed by atoms with Gasteiger partial charge in [-0.15, -0.1) is 0 Å². The summed E-state index contributed by atoms with van der Waals surface area (Å²) in [7, 11) is 0. The van der Waals surface area contributed by atoms with Gasteiger partial charge in [-0.2, -0.15) is 0 Å². The van der Waals surface area contributed by atoms with Gasteiger partial charge in [0, 0.05) is 0 Å². The maximum atomic E-state index is 10.5. The smallest absolute Gasteiger partial charge is 0.430 e. The van der Waals surface area contributed by atoms with E-state index in [0.29, 0.717) is 0 Å². The first-order valence-corrected chi connectivity index (χ1v) is 3.07. The molecule has 0 aromatic carbocycles. The maximum Gasteiger partial charge on any atom is 0.526 e. The summed E-state index contributed by atoms with van der Waals surface area (Å²) in [5.74, 6) is 0. The molecule has 0 aliphatic heterocycles. The van der Waals surface area contributed by atoms with Crippen molar-refractivity contribution in [2.45, 2.75) is 0 Å². The van der Waals surface area contributed by atoms with Crippen LogP contribution in [0.2, 0.25) is 0 Å². The number of hydrogen-bond acceptors (Lipinski definition) is 6. The molecule has 0 saturated carbocycles. The normalized spacial score (nSPS) is 8.31. The Labute approximate surface area is 73.6 Å². The Morgan fingerprint density at radius 2 is 2.00 bits per heavy atom. The molecule has 0 rings (SSSR count). The van der Waals surface area contributed by atoms with E-state index in [1.807, 2.05) is 0 Å². The largest absolute Gasteiger partial charge is 0.526 e. The second-order valence-electron chi connectivity index (χ2n) is 1.67. The minimum absolute atomic E-state index is 0.0911. The SMILES string of the molecule is C=CCOC(=O)OC(=O)OC(=N)N. The predicted molar refractivity (Wildman–Crippen MR) is 41.0 cm³/mol. The highest BCUT2D eigenvalue weighted by Gasteiger charge is 2.13. The molecule has 0 aliphatic rings. The molecule has 0 spiro atoms. The summed E-state index contributed by atoms with van der Waals surface area (Å²) in [6, 6.07) is -0.874. The summed E-state index contributed by atoms with van der Waals surface area (Å²) in [6.45, 7) is 3.17. The first kappa shape index (κ1) is 11.0. The van der Waals surface area contributed by atoms with Crippen molar-refractivity contribution in [1.29, 1.82) is 5.41 Å². The van der Waals surface area contributed by atoms with E-state index < -0.39 is 18.3 Å². The van der Waals surface area contributed by atoms with Gasteiger partial charge in [-0.1, -0.05) is 12.7 Å². The Balaban J connectivity index is 3.71. The van der Waals surface area contributed by atoms with Gasteiger partial charge in [0.15, 0.2) is 0 Å². The Morgan fingerprint density at radius 3 is 2.46 bits per heavy atom. The van der Waals surface area contributed by atoms with E-state index >= 15 is 0 Å². The summed E-state index contributed by atoms with van der Waals surface area (Å²) in [4.78, 5) is 20.9. The molecule has 0 bridgehead atoms. The standard InChI is InChI=1S/C6H8N2O5/c1-2-3-11-5(9)13-6(10)12-4(7)8/h2H,1,3H2,(H3,7,8). The lowest BCUT2D eigenvalue weighted by atomic mass is 10.7. The topological polar surface area (TPSA) is 112 Å². The molecule has 0 amide bonds. The van der Waals surface area contributed by atoms with E-state index in [1.54, 1.807) is 0 Å². The second kappa shape index (κ2) is 5.58. The molecule has 0 fully saturated rings. The molecule has 0 saturated heterocycles. The van der Waals surface area contributed by atoms with Gasteiger partial charge in [0.25, 0.3) is 6.02 Å². The van der Waals surface area contributed by atoms with Crippen LogP contribution in [0.1, 0.15) is 0 Å². The quantitative estimate of drug-likeness (QED) is 0.212. The monoisotopic (exact) mass is 188 g/mol. The molecule has 72 valence electrons. The maximum absolute atomic E-state index is 10.5. The van der Waals surface area contributed by atoms with E-state index in [0.717, 1.165) is 0 Å². The van der Waals surface area contributed by atoms with Gasteiger partial charge in [-0.05, 0) is 0 Å². The van der Waals surface area contributed by atoms with Crippen LogP contribution < -0.4 is 5.73 Å². The molecule has 0 atom stereocenters. The van der Waals surface area contributed by atoms with E-state index in [2.05, 4.69) is 26.5 Å². The average Bonchev–Trinajstić information content (AvgIpc) is 1.98. The fraction of sp³-hybridized carbons (Fsp3) is 0.167. The fourth-order valence-electron chi connectivity index (χ4n) is 0.335. The molecule has 0 unspecified atom stereocenters. The minimum atomic E-state index is -1.42. The average molecular weight is 188 g/mol. The molecular weight excluding hydrogens is 180 g/mol. The van der Waals surface area contributed by atoms with Crippen LogP contribution in [0, 0.1) is 5.41 Å². The van der Waals surface area contributed by atoms with Crippen molar-refractivity contribution in [3.05, 3.63) is 12.7 Å². The zero-order chi connectivity index (χ0) is 10.3. The van der Waals surface area contributed by atoms with Gasteiger partial charge in [0.1, 0.15) is 6.61 Å². The minimum Gasteiger partial charge on any atom is -0.430 e. The van der Waals surface area contributed by atoms with Gasteiger partial charge >= 0.3 is 12.3 Å². The lowest BCUT2D eigenvalue weighted by Crippen LogP contribution is -2.22. The molecule has 13 heavy (non-hydrogen) atoms. The summed E-state index contributed by atoms with van der Waals surface area (Å²) >= 11 is 0. The Morgan fingerprint density at radius 1 is 1.38 bits per heavy atom. The summed E-state index contributed by atoms with van der Waals surface area (Å²) < 4.78 is 12.0. The first-order valence-electron chi connectivity index (χ1n) is 3.07. The number of amidine groups is 1. The summed E-state index contributed by atoms with van der Waals surface area (Å²) in [5, 5.41) is 6.49. The van der Waals surface area contributed by atoms with Crippen molar-refractivity contribution in [3.8, 4) is 0 Å². The van der Waals surface area contributed by atoms with Gasteiger partial charge in [0.2, 0.25) is 0 Å². The molecule has 7 heteroatoms.